The first kappa shape index (κ1) is 10.8. The number of rotatable bonds is 2. The Kier molecular flexibility index (Phi) is 4.53. The molecule has 13 heavy (non-hydrogen) atoms. The van der Waals surface area contributed by atoms with Crippen molar-refractivity contribution < 1.29 is 4.74 Å². The lowest BCUT2D eigenvalue weighted by molar-refractivity contribution is 0.0778. The first-order valence-corrected chi connectivity index (χ1v) is 5.43. The number of allylic oxidation sites excluding steroid dienone is 1. The van der Waals surface area contributed by atoms with Crippen LogP contribution in [-0.2, 0) is 4.74 Å². The van der Waals surface area contributed by atoms with E-state index in [0.29, 0.717) is 5.92 Å². The summed E-state index contributed by atoms with van der Waals surface area (Å²) in [7, 11) is 1.85. The van der Waals surface area contributed by atoms with Crippen LogP contribution in [0.1, 0.15) is 19.8 Å². The molecule has 1 fully saturated rings. The Balaban J connectivity index is 2.50. The molecule has 1 aliphatic heterocycles. The van der Waals surface area contributed by atoms with Gasteiger partial charge in [0.15, 0.2) is 0 Å². The van der Waals surface area contributed by atoms with Gasteiger partial charge in [-0.2, -0.15) is 0 Å². The zero-order chi connectivity index (χ0) is 9.68. The van der Waals surface area contributed by atoms with E-state index in [1.54, 1.807) is 11.8 Å². The third kappa shape index (κ3) is 3.53. The Labute approximate surface area is 84.5 Å². The van der Waals surface area contributed by atoms with Crippen molar-refractivity contribution in [3.63, 3.8) is 0 Å². The lowest BCUT2D eigenvalue weighted by Crippen LogP contribution is -2.23. The molecule has 3 heteroatoms. The molecule has 1 atom stereocenters. The van der Waals surface area contributed by atoms with Crippen LogP contribution in [-0.4, -0.2) is 25.3 Å². The van der Waals surface area contributed by atoms with Gasteiger partial charge in [-0.1, -0.05) is 18.3 Å². The number of aliphatic imine (C=N–C) groups is 1. The molecule has 0 bridgehead atoms. The molecule has 1 heterocycles. The Morgan fingerprint density at radius 1 is 1.62 bits per heavy atom. The van der Waals surface area contributed by atoms with Crippen LogP contribution in [0.25, 0.3) is 0 Å². The standard InChI is InChI=1S/C10H17NOS/c1-8(2)13-10(11-3)9-5-4-6-12-7-9/h9H,1,4-7H2,2-3H3. The quantitative estimate of drug-likeness (QED) is 0.504. The second-order valence-corrected chi connectivity index (χ2v) is 4.60. The van der Waals surface area contributed by atoms with Crippen LogP contribution in [0.5, 0.6) is 0 Å². The van der Waals surface area contributed by atoms with Gasteiger partial charge >= 0.3 is 0 Å². The van der Waals surface area contributed by atoms with Crippen molar-refractivity contribution in [3.05, 3.63) is 11.5 Å². The summed E-state index contributed by atoms with van der Waals surface area (Å²) in [6.45, 7) is 7.63. The van der Waals surface area contributed by atoms with Crippen molar-refractivity contribution >= 4 is 16.8 Å². The van der Waals surface area contributed by atoms with Gasteiger partial charge in [-0.05, 0) is 24.7 Å². The monoisotopic (exact) mass is 199 g/mol. The smallest absolute Gasteiger partial charge is 0.0770 e. The minimum Gasteiger partial charge on any atom is -0.381 e. The van der Waals surface area contributed by atoms with Gasteiger partial charge in [0.25, 0.3) is 0 Å². The van der Waals surface area contributed by atoms with Gasteiger partial charge in [-0.15, -0.1) is 0 Å². The van der Waals surface area contributed by atoms with Crippen molar-refractivity contribution in [2.45, 2.75) is 19.8 Å². The minimum absolute atomic E-state index is 0.500. The van der Waals surface area contributed by atoms with E-state index in [1.165, 1.54) is 11.5 Å². The molecule has 0 radical (unpaired) electrons. The molecule has 0 aromatic rings. The lowest BCUT2D eigenvalue weighted by atomic mass is 10.0. The minimum atomic E-state index is 0.500. The van der Waals surface area contributed by atoms with Gasteiger partial charge in [-0.25, -0.2) is 0 Å². The van der Waals surface area contributed by atoms with Gasteiger partial charge in [0, 0.05) is 19.6 Å². The maximum atomic E-state index is 5.42. The summed E-state index contributed by atoms with van der Waals surface area (Å²) in [4.78, 5) is 5.39. The molecule has 1 unspecified atom stereocenters. The van der Waals surface area contributed by atoms with Crippen molar-refractivity contribution in [2.75, 3.05) is 20.3 Å². The molecule has 0 amide bonds. The second-order valence-electron chi connectivity index (χ2n) is 3.28. The molecule has 0 aromatic carbocycles. The first-order chi connectivity index (χ1) is 6.24. The van der Waals surface area contributed by atoms with E-state index in [2.05, 4.69) is 11.6 Å². The number of hydrogen-bond acceptors (Lipinski definition) is 3. The Morgan fingerprint density at radius 3 is 2.85 bits per heavy atom. The maximum absolute atomic E-state index is 5.42. The zero-order valence-corrected chi connectivity index (χ0v) is 9.19. The topological polar surface area (TPSA) is 21.6 Å². The van der Waals surface area contributed by atoms with E-state index >= 15 is 0 Å². The summed E-state index contributed by atoms with van der Waals surface area (Å²) in [5.74, 6) is 0.500. The molecular weight excluding hydrogens is 182 g/mol. The second kappa shape index (κ2) is 5.45. The third-order valence-corrected chi connectivity index (χ3v) is 3.08. The van der Waals surface area contributed by atoms with Crippen LogP contribution >= 0.6 is 11.8 Å². The Hall–Kier alpha value is -0.280. The number of thioether (sulfide) groups is 1. The largest absolute Gasteiger partial charge is 0.381 e. The molecule has 0 N–H and O–H groups in total. The molecule has 1 aliphatic rings. The molecule has 0 spiro atoms. The van der Waals surface area contributed by atoms with Gasteiger partial charge in [-0.3, -0.25) is 4.99 Å². The van der Waals surface area contributed by atoms with Crippen molar-refractivity contribution in [3.8, 4) is 0 Å². The fraction of sp³-hybridized carbons (Fsp3) is 0.700. The highest BCUT2D eigenvalue weighted by Crippen LogP contribution is 2.25. The van der Waals surface area contributed by atoms with Gasteiger partial charge in [0.05, 0.1) is 11.7 Å². The van der Waals surface area contributed by atoms with Crippen LogP contribution in [0.4, 0.5) is 0 Å². The average molecular weight is 199 g/mol. The predicted molar refractivity (Wildman–Crippen MR) is 59.3 cm³/mol. The van der Waals surface area contributed by atoms with Crippen molar-refractivity contribution in [2.24, 2.45) is 10.9 Å². The fourth-order valence-electron chi connectivity index (χ4n) is 1.43. The molecule has 0 aromatic heterocycles. The van der Waals surface area contributed by atoms with E-state index in [0.717, 1.165) is 24.5 Å². The third-order valence-electron chi connectivity index (χ3n) is 2.01. The average Bonchev–Trinajstić information content (AvgIpc) is 2.15. The van der Waals surface area contributed by atoms with E-state index in [-0.39, 0.29) is 0 Å². The van der Waals surface area contributed by atoms with Crippen molar-refractivity contribution in [1.82, 2.24) is 0 Å². The summed E-state index contributed by atoms with van der Waals surface area (Å²) in [6, 6.07) is 0. The normalized spacial score (nSPS) is 24.5. The van der Waals surface area contributed by atoms with E-state index in [4.69, 9.17) is 4.74 Å². The maximum Gasteiger partial charge on any atom is 0.0770 e. The van der Waals surface area contributed by atoms with Gasteiger partial charge in [0.2, 0.25) is 0 Å². The molecule has 0 aliphatic carbocycles. The summed E-state index contributed by atoms with van der Waals surface area (Å²) in [5.41, 5.74) is 0. The highest BCUT2D eigenvalue weighted by atomic mass is 32.2. The van der Waals surface area contributed by atoms with Crippen molar-refractivity contribution in [1.29, 1.82) is 0 Å². The molecule has 1 saturated heterocycles. The number of ether oxygens (including phenoxy) is 1. The fourth-order valence-corrected chi connectivity index (χ4v) is 2.23. The molecular formula is C10H17NOS. The van der Waals surface area contributed by atoms with Crippen LogP contribution in [0.15, 0.2) is 16.5 Å². The number of hydrogen-bond donors (Lipinski definition) is 0. The number of nitrogens with zero attached hydrogens (tertiary/aromatic N) is 1. The molecule has 74 valence electrons. The van der Waals surface area contributed by atoms with Gasteiger partial charge < -0.3 is 4.74 Å². The van der Waals surface area contributed by atoms with E-state index < -0.39 is 0 Å². The Bertz CT molecular complexity index is 207. The molecule has 2 nitrogen and oxygen atoms in total. The summed E-state index contributed by atoms with van der Waals surface area (Å²) >= 11 is 1.68. The van der Waals surface area contributed by atoms with Crippen LogP contribution in [0.3, 0.4) is 0 Å². The highest BCUT2D eigenvalue weighted by Gasteiger charge is 2.19. The molecule has 1 rings (SSSR count). The van der Waals surface area contributed by atoms with E-state index in [9.17, 15) is 0 Å². The van der Waals surface area contributed by atoms with Crippen LogP contribution in [0, 0.1) is 5.92 Å². The van der Waals surface area contributed by atoms with E-state index in [1.807, 2.05) is 14.0 Å². The predicted octanol–water partition coefficient (Wildman–Crippen LogP) is 2.71. The first-order valence-electron chi connectivity index (χ1n) is 4.62. The Morgan fingerprint density at radius 2 is 2.38 bits per heavy atom. The lowest BCUT2D eigenvalue weighted by Gasteiger charge is -2.23. The summed E-state index contributed by atoms with van der Waals surface area (Å²) in [6.07, 6.45) is 2.35. The summed E-state index contributed by atoms with van der Waals surface area (Å²) < 4.78 is 5.42. The highest BCUT2D eigenvalue weighted by molar-refractivity contribution is 8.17. The molecule has 0 saturated carbocycles. The van der Waals surface area contributed by atoms with Crippen LogP contribution in [0.2, 0.25) is 0 Å². The van der Waals surface area contributed by atoms with Gasteiger partial charge in [0.1, 0.15) is 0 Å². The van der Waals surface area contributed by atoms with Crippen LogP contribution < -0.4 is 0 Å². The zero-order valence-electron chi connectivity index (χ0n) is 8.38. The SMILES string of the molecule is C=C(C)SC(=NC)C1CCCOC1. The summed E-state index contributed by atoms with van der Waals surface area (Å²) in [5, 5.41) is 1.17.